The average molecular weight is 984 g/mol. The highest BCUT2D eigenvalue weighted by Crippen LogP contribution is 2.17. The largest absolute Gasteiger partial charge is 0.462 e. The maximum Gasteiger partial charge on any atom is 0.306 e. The Morgan fingerprint density at radius 2 is 0.514 bits per heavy atom. The molecule has 1 atom stereocenters. The molecule has 0 aliphatic heterocycles. The molecule has 0 aliphatic carbocycles. The summed E-state index contributed by atoms with van der Waals surface area (Å²) in [5.41, 5.74) is 0. The summed E-state index contributed by atoms with van der Waals surface area (Å²) >= 11 is 0. The molecule has 0 radical (unpaired) electrons. The maximum absolute atomic E-state index is 12.8. The minimum Gasteiger partial charge on any atom is -0.462 e. The van der Waals surface area contributed by atoms with Gasteiger partial charge < -0.3 is 14.2 Å². The van der Waals surface area contributed by atoms with Crippen LogP contribution in [0.5, 0.6) is 0 Å². The van der Waals surface area contributed by atoms with Crippen molar-refractivity contribution >= 4 is 17.9 Å². The Bertz CT molecular complexity index is 1170. The Morgan fingerprint density at radius 1 is 0.286 bits per heavy atom. The van der Waals surface area contributed by atoms with Crippen LogP contribution in [0.2, 0.25) is 0 Å². The van der Waals surface area contributed by atoms with Gasteiger partial charge in [-0.2, -0.15) is 0 Å². The summed E-state index contributed by atoms with van der Waals surface area (Å²) in [6, 6.07) is 0. The highest BCUT2D eigenvalue weighted by Gasteiger charge is 2.19. The number of hydrogen-bond acceptors (Lipinski definition) is 6. The van der Waals surface area contributed by atoms with Crippen LogP contribution in [-0.2, 0) is 28.6 Å². The lowest BCUT2D eigenvalue weighted by Crippen LogP contribution is -2.30. The van der Waals surface area contributed by atoms with Crippen LogP contribution in [0.4, 0.5) is 0 Å². The molecule has 0 bridgehead atoms. The van der Waals surface area contributed by atoms with Crippen molar-refractivity contribution in [3.8, 4) is 0 Å². The Balaban J connectivity index is 4.07. The highest BCUT2D eigenvalue weighted by molar-refractivity contribution is 5.71. The molecule has 0 N–H and O–H groups in total. The second-order valence-corrected chi connectivity index (χ2v) is 21.0. The monoisotopic (exact) mass is 983 g/mol. The van der Waals surface area contributed by atoms with Gasteiger partial charge in [-0.25, -0.2) is 0 Å². The van der Waals surface area contributed by atoms with Crippen molar-refractivity contribution in [2.75, 3.05) is 13.2 Å². The normalized spacial score (nSPS) is 12.2. The van der Waals surface area contributed by atoms with E-state index in [9.17, 15) is 14.4 Å². The predicted octanol–water partition coefficient (Wildman–Crippen LogP) is 20.8. The number of rotatable bonds is 57. The van der Waals surface area contributed by atoms with Gasteiger partial charge in [-0.1, -0.05) is 276 Å². The fraction of sp³-hybridized carbons (Fsp3) is 0.859. The second kappa shape index (κ2) is 59.2. The van der Waals surface area contributed by atoms with Crippen LogP contribution < -0.4 is 0 Å². The number of allylic oxidation sites excluding steroid dienone is 6. The van der Waals surface area contributed by atoms with Gasteiger partial charge in [-0.3, -0.25) is 14.4 Å². The third-order valence-corrected chi connectivity index (χ3v) is 13.9. The Kier molecular flexibility index (Phi) is 57.2. The first-order valence-corrected chi connectivity index (χ1v) is 31.0. The lowest BCUT2D eigenvalue weighted by molar-refractivity contribution is -0.167. The zero-order chi connectivity index (χ0) is 50.7. The fourth-order valence-electron chi connectivity index (χ4n) is 9.18. The lowest BCUT2D eigenvalue weighted by atomic mass is 10.0. The molecule has 0 amide bonds. The molecule has 70 heavy (non-hydrogen) atoms. The summed E-state index contributed by atoms with van der Waals surface area (Å²) in [7, 11) is 0. The van der Waals surface area contributed by atoms with Gasteiger partial charge in [0, 0.05) is 19.3 Å². The summed E-state index contributed by atoms with van der Waals surface area (Å²) in [6.07, 6.45) is 71.8. The lowest BCUT2D eigenvalue weighted by Gasteiger charge is -2.18. The Morgan fingerprint density at radius 3 is 0.800 bits per heavy atom. The van der Waals surface area contributed by atoms with Crippen molar-refractivity contribution in [1.82, 2.24) is 0 Å². The van der Waals surface area contributed by atoms with Crippen molar-refractivity contribution in [2.24, 2.45) is 0 Å². The summed E-state index contributed by atoms with van der Waals surface area (Å²) in [4.78, 5) is 38.0. The van der Waals surface area contributed by atoms with Crippen LogP contribution in [0.25, 0.3) is 0 Å². The van der Waals surface area contributed by atoms with E-state index in [1.807, 2.05) is 0 Å². The summed E-state index contributed by atoms with van der Waals surface area (Å²) in [5.74, 6) is -0.865. The molecule has 410 valence electrons. The van der Waals surface area contributed by atoms with E-state index < -0.39 is 6.10 Å². The minimum atomic E-state index is -0.769. The van der Waals surface area contributed by atoms with E-state index in [1.54, 1.807) is 0 Å². The van der Waals surface area contributed by atoms with Gasteiger partial charge >= 0.3 is 17.9 Å². The highest BCUT2D eigenvalue weighted by atomic mass is 16.6. The van der Waals surface area contributed by atoms with E-state index in [1.165, 1.54) is 231 Å². The molecule has 6 heteroatoms. The van der Waals surface area contributed by atoms with Crippen LogP contribution in [0.15, 0.2) is 36.5 Å². The molecule has 0 spiro atoms. The maximum atomic E-state index is 12.8. The van der Waals surface area contributed by atoms with E-state index in [0.29, 0.717) is 19.3 Å². The van der Waals surface area contributed by atoms with Gasteiger partial charge in [0.25, 0.3) is 0 Å². The van der Waals surface area contributed by atoms with Crippen LogP contribution in [0, 0.1) is 0 Å². The number of carbonyl (C=O) groups excluding carboxylic acids is 3. The summed E-state index contributed by atoms with van der Waals surface area (Å²) in [5, 5.41) is 0. The zero-order valence-corrected chi connectivity index (χ0v) is 47.1. The molecule has 0 aliphatic rings. The number of esters is 3. The molecule has 0 saturated heterocycles. The number of ether oxygens (including phenoxy) is 3. The van der Waals surface area contributed by atoms with Crippen molar-refractivity contribution in [2.45, 2.75) is 341 Å². The van der Waals surface area contributed by atoms with Crippen molar-refractivity contribution in [3.05, 3.63) is 36.5 Å². The van der Waals surface area contributed by atoms with Gasteiger partial charge in [0.1, 0.15) is 13.2 Å². The molecule has 0 saturated carbocycles. The van der Waals surface area contributed by atoms with Crippen LogP contribution >= 0.6 is 0 Å². The Labute approximate surface area is 435 Å². The van der Waals surface area contributed by atoms with Crippen molar-refractivity contribution < 1.29 is 28.6 Å². The minimum absolute atomic E-state index is 0.0702. The van der Waals surface area contributed by atoms with Gasteiger partial charge in [-0.05, 0) is 77.0 Å². The summed E-state index contributed by atoms with van der Waals surface area (Å²) in [6.45, 7) is 6.61. The Hall–Kier alpha value is -2.37. The van der Waals surface area contributed by atoms with E-state index >= 15 is 0 Å². The number of hydrogen-bond donors (Lipinski definition) is 0. The smallest absolute Gasteiger partial charge is 0.306 e. The van der Waals surface area contributed by atoms with E-state index in [4.69, 9.17) is 14.2 Å². The van der Waals surface area contributed by atoms with Gasteiger partial charge in [0.15, 0.2) is 6.10 Å². The van der Waals surface area contributed by atoms with Gasteiger partial charge in [0.05, 0.1) is 0 Å². The van der Waals surface area contributed by atoms with Crippen LogP contribution in [0.3, 0.4) is 0 Å². The molecule has 0 aromatic rings. The molecule has 0 rings (SSSR count). The zero-order valence-electron chi connectivity index (χ0n) is 47.1. The van der Waals surface area contributed by atoms with Crippen LogP contribution in [-0.4, -0.2) is 37.2 Å². The van der Waals surface area contributed by atoms with E-state index in [2.05, 4.69) is 57.2 Å². The second-order valence-electron chi connectivity index (χ2n) is 21.0. The molecule has 1 unspecified atom stereocenters. The molecule has 0 fully saturated rings. The molecule has 0 heterocycles. The van der Waals surface area contributed by atoms with Crippen molar-refractivity contribution in [3.63, 3.8) is 0 Å². The first kappa shape index (κ1) is 67.6. The molecule has 6 nitrogen and oxygen atoms in total. The molecule has 0 aromatic heterocycles. The summed E-state index contributed by atoms with van der Waals surface area (Å²) < 4.78 is 16.8. The topological polar surface area (TPSA) is 78.9 Å². The number of unbranched alkanes of at least 4 members (excludes halogenated alkanes) is 40. The van der Waals surface area contributed by atoms with Crippen molar-refractivity contribution in [1.29, 1.82) is 0 Å². The predicted molar refractivity (Wildman–Crippen MR) is 302 cm³/mol. The van der Waals surface area contributed by atoms with Crippen LogP contribution in [0.1, 0.15) is 335 Å². The van der Waals surface area contributed by atoms with Gasteiger partial charge in [0.2, 0.25) is 0 Å². The quantitative estimate of drug-likeness (QED) is 0.0261. The van der Waals surface area contributed by atoms with E-state index in [-0.39, 0.29) is 31.1 Å². The molecular weight excluding hydrogens is 865 g/mol. The SMILES string of the molecule is CCCCCCC/C=C\C/C=C\CCCCCCCCCCCCCCCC(=O)OCC(COC(=O)CCCCCCCC)OC(=O)CCCCCCCCCCC/C=C\CCCCCCCCCC. The molecule has 0 aromatic carbocycles. The molecular formula is C64H118O6. The first-order valence-electron chi connectivity index (χ1n) is 31.0. The third-order valence-electron chi connectivity index (χ3n) is 13.9. The van der Waals surface area contributed by atoms with Gasteiger partial charge in [-0.15, -0.1) is 0 Å². The van der Waals surface area contributed by atoms with E-state index in [0.717, 1.165) is 64.2 Å². The number of carbonyl (C=O) groups is 3. The third kappa shape index (κ3) is 56.5. The standard InChI is InChI=1S/C64H118O6/c1-4-7-10-13-16-18-20-22-24-26-28-30-31-32-33-35-36-38-40-42-44-46-48-51-54-57-63(66)69-60-61(59-68-62(65)56-53-50-15-12-9-6-3)70-64(67)58-55-52-49-47-45-43-41-39-37-34-29-27-25-23-21-19-17-14-11-8-5-2/h20,22,26-29,61H,4-19,21,23-25,30-60H2,1-3H3/b22-20-,28-26-,29-27-. The first-order chi connectivity index (χ1) is 34.5. The fourth-order valence-corrected chi connectivity index (χ4v) is 9.18. The average Bonchev–Trinajstić information content (AvgIpc) is 3.36.